The summed E-state index contributed by atoms with van der Waals surface area (Å²) < 4.78 is 5.50. The number of ether oxygens (including phenoxy) is 1. The maximum atomic E-state index is 5.50. The van der Waals surface area contributed by atoms with Crippen LogP contribution in [0.2, 0.25) is 0 Å². The van der Waals surface area contributed by atoms with Crippen LogP contribution >= 0.6 is 0 Å². The highest BCUT2D eigenvalue weighted by atomic mass is 16.5. The van der Waals surface area contributed by atoms with E-state index in [1.807, 2.05) is 6.92 Å². The molecule has 18 heavy (non-hydrogen) atoms. The summed E-state index contributed by atoms with van der Waals surface area (Å²) in [5.74, 6) is 2.40. The highest BCUT2D eigenvalue weighted by molar-refractivity contribution is 5.31. The SMILES string of the molecule is CCOc1ccc(C2CCNC2CC(C)C)cc1. The molecule has 1 fully saturated rings. The largest absolute Gasteiger partial charge is 0.494 e. The molecule has 2 heteroatoms. The first-order valence-corrected chi connectivity index (χ1v) is 7.16. The maximum Gasteiger partial charge on any atom is 0.119 e. The van der Waals surface area contributed by atoms with Crippen LogP contribution in [0.15, 0.2) is 24.3 Å². The molecule has 1 saturated heterocycles. The van der Waals surface area contributed by atoms with E-state index in [0.29, 0.717) is 12.0 Å². The lowest BCUT2D eigenvalue weighted by atomic mass is 9.87. The van der Waals surface area contributed by atoms with E-state index in [2.05, 4.69) is 43.4 Å². The maximum absolute atomic E-state index is 5.50. The quantitative estimate of drug-likeness (QED) is 0.858. The first-order chi connectivity index (χ1) is 8.70. The van der Waals surface area contributed by atoms with E-state index in [0.717, 1.165) is 24.8 Å². The summed E-state index contributed by atoms with van der Waals surface area (Å²) in [6.07, 6.45) is 2.52. The van der Waals surface area contributed by atoms with Crippen molar-refractivity contribution in [2.24, 2.45) is 5.92 Å². The van der Waals surface area contributed by atoms with Crippen LogP contribution in [-0.4, -0.2) is 19.2 Å². The number of nitrogens with one attached hydrogen (secondary N) is 1. The predicted molar refractivity (Wildman–Crippen MR) is 76.2 cm³/mol. The second-order valence-corrected chi connectivity index (χ2v) is 5.59. The van der Waals surface area contributed by atoms with Gasteiger partial charge in [-0.3, -0.25) is 0 Å². The van der Waals surface area contributed by atoms with E-state index in [1.165, 1.54) is 18.4 Å². The van der Waals surface area contributed by atoms with Gasteiger partial charge in [-0.1, -0.05) is 26.0 Å². The Balaban J connectivity index is 2.05. The summed E-state index contributed by atoms with van der Waals surface area (Å²) in [6.45, 7) is 8.51. The van der Waals surface area contributed by atoms with E-state index in [1.54, 1.807) is 0 Å². The third kappa shape index (κ3) is 3.26. The van der Waals surface area contributed by atoms with Crippen molar-refractivity contribution in [1.82, 2.24) is 5.32 Å². The molecule has 0 aromatic heterocycles. The monoisotopic (exact) mass is 247 g/mol. The van der Waals surface area contributed by atoms with Gasteiger partial charge in [-0.15, -0.1) is 0 Å². The van der Waals surface area contributed by atoms with Gasteiger partial charge in [-0.05, 0) is 49.9 Å². The zero-order chi connectivity index (χ0) is 13.0. The molecule has 0 bridgehead atoms. The Morgan fingerprint density at radius 1 is 1.28 bits per heavy atom. The first kappa shape index (κ1) is 13.4. The lowest BCUT2D eigenvalue weighted by molar-refractivity contribution is 0.340. The average Bonchev–Trinajstić information content (AvgIpc) is 2.78. The van der Waals surface area contributed by atoms with E-state index in [-0.39, 0.29) is 0 Å². The van der Waals surface area contributed by atoms with Crippen LogP contribution < -0.4 is 10.1 Å². The molecule has 1 N–H and O–H groups in total. The Labute approximate surface area is 111 Å². The smallest absolute Gasteiger partial charge is 0.119 e. The minimum absolute atomic E-state index is 0.642. The number of benzene rings is 1. The standard InChI is InChI=1S/C16H25NO/c1-4-18-14-7-5-13(6-8-14)15-9-10-17-16(15)11-12(2)3/h5-8,12,15-17H,4,9-11H2,1-3H3. The molecular weight excluding hydrogens is 222 g/mol. The molecule has 0 amide bonds. The molecule has 0 radical (unpaired) electrons. The van der Waals surface area contributed by atoms with Crippen molar-refractivity contribution in [2.45, 2.75) is 45.6 Å². The third-order valence-electron chi connectivity index (χ3n) is 3.69. The van der Waals surface area contributed by atoms with Crippen LogP contribution in [0.1, 0.15) is 45.1 Å². The number of hydrogen-bond acceptors (Lipinski definition) is 2. The van der Waals surface area contributed by atoms with Crippen molar-refractivity contribution in [3.63, 3.8) is 0 Å². The Hall–Kier alpha value is -1.02. The lowest BCUT2D eigenvalue weighted by Gasteiger charge is -2.22. The third-order valence-corrected chi connectivity index (χ3v) is 3.69. The first-order valence-electron chi connectivity index (χ1n) is 7.16. The van der Waals surface area contributed by atoms with Crippen molar-refractivity contribution >= 4 is 0 Å². The van der Waals surface area contributed by atoms with Crippen LogP contribution in [0.3, 0.4) is 0 Å². The molecule has 2 atom stereocenters. The van der Waals surface area contributed by atoms with Gasteiger partial charge in [0.15, 0.2) is 0 Å². The summed E-state index contributed by atoms with van der Waals surface area (Å²) in [6, 6.07) is 9.31. The molecule has 0 spiro atoms. The van der Waals surface area contributed by atoms with Gasteiger partial charge in [-0.2, -0.15) is 0 Å². The zero-order valence-corrected chi connectivity index (χ0v) is 11.8. The summed E-state index contributed by atoms with van der Waals surface area (Å²) >= 11 is 0. The van der Waals surface area contributed by atoms with Crippen LogP contribution in [0, 0.1) is 5.92 Å². The molecule has 1 aliphatic rings. The molecule has 1 aliphatic heterocycles. The molecule has 2 unspecified atom stereocenters. The normalized spacial score (nSPS) is 23.6. The van der Waals surface area contributed by atoms with Gasteiger partial charge in [-0.25, -0.2) is 0 Å². The molecule has 100 valence electrons. The Kier molecular flexibility index (Phi) is 4.65. The Bertz CT molecular complexity index is 358. The fourth-order valence-electron chi connectivity index (χ4n) is 2.90. The van der Waals surface area contributed by atoms with Gasteiger partial charge >= 0.3 is 0 Å². The van der Waals surface area contributed by atoms with E-state index < -0.39 is 0 Å². The summed E-state index contributed by atoms with van der Waals surface area (Å²) in [7, 11) is 0. The van der Waals surface area contributed by atoms with E-state index in [9.17, 15) is 0 Å². The van der Waals surface area contributed by atoms with Gasteiger partial charge in [0.2, 0.25) is 0 Å². The van der Waals surface area contributed by atoms with Crippen molar-refractivity contribution in [1.29, 1.82) is 0 Å². The van der Waals surface area contributed by atoms with Gasteiger partial charge < -0.3 is 10.1 Å². The minimum Gasteiger partial charge on any atom is -0.494 e. The zero-order valence-electron chi connectivity index (χ0n) is 11.8. The highest BCUT2D eigenvalue weighted by Gasteiger charge is 2.28. The number of hydrogen-bond donors (Lipinski definition) is 1. The minimum atomic E-state index is 0.642. The van der Waals surface area contributed by atoms with Crippen molar-refractivity contribution < 1.29 is 4.74 Å². The molecule has 2 nitrogen and oxygen atoms in total. The van der Waals surface area contributed by atoms with Crippen LogP contribution in [-0.2, 0) is 0 Å². The molecular formula is C16H25NO. The predicted octanol–water partition coefficient (Wildman–Crippen LogP) is 3.58. The number of rotatable bonds is 5. The molecule has 1 aromatic carbocycles. The molecule has 1 aromatic rings. The molecule has 0 aliphatic carbocycles. The van der Waals surface area contributed by atoms with Gasteiger partial charge in [0.1, 0.15) is 5.75 Å². The second-order valence-electron chi connectivity index (χ2n) is 5.59. The van der Waals surface area contributed by atoms with E-state index in [4.69, 9.17) is 4.74 Å². The summed E-state index contributed by atoms with van der Waals surface area (Å²) in [5, 5.41) is 3.65. The van der Waals surface area contributed by atoms with Gasteiger partial charge in [0.25, 0.3) is 0 Å². The molecule has 1 heterocycles. The Morgan fingerprint density at radius 2 is 2.00 bits per heavy atom. The Morgan fingerprint density at radius 3 is 2.61 bits per heavy atom. The topological polar surface area (TPSA) is 21.3 Å². The van der Waals surface area contributed by atoms with Crippen molar-refractivity contribution in [3.8, 4) is 5.75 Å². The summed E-state index contributed by atoms with van der Waals surface area (Å²) in [5.41, 5.74) is 1.45. The van der Waals surface area contributed by atoms with Crippen LogP contribution in [0.25, 0.3) is 0 Å². The molecule has 2 rings (SSSR count). The van der Waals surface area contributed by atoms with Crippen molar-refractivity contribution in [3.05, 3.63) is 29.8 Å². The fourth-order valence-corrected chi connectivity index (χ4v) is 2.90. The summed E-state index contributed by atoms with van der Waals surface area (Å²) in [4.78, 5) is 0. The second kappa shape index (κ2) is 6.24. The highest BCUT2D eigenvalue weighted by Crippen LogP contribution is 2.31. The van der Waals surface area contributed by atoms with Crippen molar-refractivity contribution in [2.75, 3.05) is 13.2 Å². The van der Waals surface area contributed by atoms with Crippen LogP contribution in [0.5, 0.6) is 5.75 Å². The molecule has 0 saturated carbocycles. The average molecular weight is 247 g/mol. The lowest BCUT2D eigenvalue weighted by Crippen LogP contribution is -2.27. The van der Waals surface area contributed by atoms with Crippen LogP contribution in [0.4, 0.5) is 0 Å². The van der Waals surface area contributed by atoms with Gasteiger partial charge in [0, 0.05) is 12.0 Å². The van der Waals surface area contributed by atoms with Gasteiger partial charge in [0.05, 0.1) is 6.61 Å². The van der Waals surface area contributed by atoms with E-state index >= 15 is 0 Å². The fraction of sp³-hybridized carbons (Fsp3) is 0.625.